The molecule has 0 aliphatic carbocycles. The molecule has 0 radical (unpaired) electrons. The van der Waals surface area contributed by atoms with E-state index in [9.17, 15) is 18.6 Å². The zero-order valence-electron chi connectivity index (χ0n) is 23.0. The van der Waals surface area contributed by atoms with Crippen molar-refractivity contribution in [3.63, 3.8) is 0 Å². The maximum atomic E-state index is 13.9. The number of nitrogens with one attached hydrogen (secondary N) is 1. The number of nitrogens with zero attached hydrogens (tertiary/aromatic N) is 1. The van der Waals surface area contributed by atoms with E-state index in [0.717, 1.165) is 75.9 Å². The summed E-state index contributed by atoms with van der Waals surface area (Å²) in [5.41, 5.74) is 0.895. The van der Waals surface area contributed by atoms with E-state index in [1.807, 2.05) is 0 Å². The predicted molar refractivity (Wildman–Crippen MR) is 156 cm³/mol. The molecule has 2 amide bonds. The van der Waals surface area contributed by atoms with Crippen molar-refractivity contribution in [3.8, 4) is 0 Å². The highest BCUT2D eigenvalue weighted by Crippen LogP contribution is 2.38. The second-order valence-corrected chi connectivity index (χ2v) is 16.6. The largest absolute Gasteiger partial charge is 0.515 e. The lowest BCUT2D eigenvalue weighted by molar-refractivity contribution is -0.149. The number of hydrogen-bond donors (Lipinski definition) is 1. The third-order valence-electron chi connectivity index (χ3n) is 7.57. The molecule has 0 aromatic carbocycles. The first-order valence-corrected chi connectivity index (χ1v) is 19.3. The number of carbonyl (C=O) groups excluding carboxylic acids is 3. The lowest BCUT2D eigenvalue weighted by Crippen LogP contribution is -2.73. The minimum absolute atomic E-state index is 0.194. The van der Waals surface area contributed by atoms with Crippen LogP contribution in [0.5, 0.6) is 0 Å². The fraction of sp³-hybridized carbons (Fsp3) is 0.815. The standard InChI is InChI=1S/C27H47BrN2O5SSi/c1-4-7-10-13-16-37(17-14-11-8-5-2,18-15-12-9-6-3)35-27(33)24-22(19-28)20-36(34)26-23(29-21-31)25(32)30(24)26/h21,23,26H,4-20H2,1-3H3,(H,29,31)/t23?,26-,36?/m1/s1. The fourth-order valence-electron chi connectivity index (χ4n) is 5.43. The molecule has 37 heavy (non-hydrogen) atoms. The lowest BCUT2D eigenvalue weighted by Gasteiger charge is -2.49. The summed E-state index contributed by atoms with van der Waals surface area (Å²) in [6.45, 7) is 6.61. The number of hydrogen-bond acceptors (Lipinski definition) is 5. The maximum absolute atomic E-state index is 13.9. The van der Waals surface area contributed by atoms with Gasteiger partial charge in [-0.25, -0.2) is 4.79 Å². The van der Waals surface area contributed by atoms with E-state index in [1.54, 1.807) is 0 Å². The molecule has 0 saturated carbocycles. The first-order valence-electron chi connectivity index (χ1n) is 14.3. The Labute approximate surface area is 235 Å². The summed E-state index contributed by atoms with van der Waals surface area (Å²) >= 11 is 3.44. The Balaban J connectivity index is 2.33. The van der Waals surface area contributed by atoms with Gasteiger partial charge in [-0.2, -0.15) is 0 Å². The van der Waals surface area contributed by atoms with Gasteiger partial charge in [-0.15, -0.1) is 0 Å². The third kappa shape index (κ3) is 8.75. The normalized spacial score (nSPS) is 21.5. The summed E-state index contributed by atoms with van der Waals surface area (Å²) in [5, 5.41) is 2.12. The van der Waals surface area contributed by atoms with E-state index >= 15 is 0 Å². The maximum Gasteiger partial charge on any atom is 0.341 e. The van der Waals surface area contributed by atoms with Crippen LogP contribution in [0.15, 0.2) is 11.3 Å². The first-order chi connectivity index (χ1) is 17.9. The number of halogens is 1. The Kier molecular flexibility index (Phi) is 14.7. The van der Waals surface area contributed by atoms with Crippen LogP contribution in [0.2, 0.25) is 18.1 Å². The topological polar surface area (TPSA) is 92.8 Å². The molecule has 2 rings (SSSR count). The van der Waals surface area contributed by atoms with Gasteiger partial charge in [-0.05, 0) is 23.7 Å². The average Bonchev–Trinajstić information content (AvgIpc) is 2.89. The molecule has 212 valence electrons. The molecule has 0 bridgehead atoms. The number of rotatable bonds is 20. The van der Waals surface area contributed by atoms with Gasteiger partial charge in [0.15, 0.2) is 0 Å². The Morgan fingerprint density at radius 1 is 1.00 bits per heavy atom. The van der Waals surface area contributed by atoms with E-state index in [1.165, 1.54) is 24.2 Å². The molecule has 7 nitrogen and oxygen atoms in total. The minimum Gasteiger partial charge on any atom is -0.515 e. The predicted octanol–water partition coefficient (Wildman–Crippen LogP) is 5.91. The monoisotopic (exact) mass is 618 g/mol. The zero-order valence-corrected chi connectivity index (χ0v) is 26.4. The van der Waals surface area contributed by atoms with Crippen LogP contribution in [0.1, 0.15) is 97.8 Å². The Morgan fingerprint density at radius 2 is 1.51 bits per heavy atom. The lowest BCUT2D eigenvalue weighted by atomic mass is 10.0. The van der Waals surface area contributed by atoms with Gasteiger partial charge >= 0.3 is 5.97 Å². The van der Waals surface area contributed by atoms with Crippen molar-refractivity contribution in [2.24, 2.45) is 0 Å². The van der Waals surface area contributed by atoms with Gasteiger partial charge in [0.05, 0.1) is 16.6 Å². The molecular formula is C27H47BrN2O5SSi. The molecule has 1 fully saturated rings. The summed E-state index contributed by atoms with van der Waals surface area (Å²) in [6, 6.07) is 2.04. The highest BCUT2D eigenvalue weighted by atomic mass is 79.9. The summed E-state index contributed by atoms with van der Waals surface area (Å²) in [6.07, 6.45) is 14.1. The number of carbonyl (C=O) groups is 3. The van der Waals surface area contributed by atoms with Crippen molar-refractivity contribution in [3.05, 3.63) is 11.3 Å². The highest BCUT2D eigenvalue weighted by Gasteiger charge is 2.57. The molecule has 2 aliphatic heterocycles. The molecular weight excluding hydrogens is 572 g/mol. The highest BCUT2D eigenvalue weighted by molar-refractivity contribution is 9.09. The second-order valence-electron chi connectivity index (χ2n) is 10.5. The van der Waals surface area contributed by atoms with E-state index in [-0.39, 0.29) is 11.4 Å². The Hall–Kier alpha value is -1.00. The fourth-order valence-corrected chi connectivity index (χ4v) is 12.1. The molecule has 2 unspecified atom stereocenters. The Bertz CT molecular complexity index is 793. The van der Waals surface area contributed by atoms with Crippen LogP contribution < -0.4 is 5.32 Å². The summed E-state index contributed by atoms with van der Waals surface area (Å²) < 4.78 is 19.5. The Morgan fingerprint density at radius 3 is 1.95 bits per heavy atom. The quantitative estimate of drug-likeness (QED) is 0.0602. The molecule has 2 heterocycles. The molecule has 1 saturated heterocycles. The number of unbranched alkanes of at least 4 members (excludes halogenated alkanes) is 9. The molecule has 0 aromatic heterocycles. The van der Waals surface area contributed by atoms with Gasteiger partial charge in [0.25, 0.3) is 14.2 Å². The van der Waals surface area contributed by atoms with Gasteiger partial charge in [0.2, 0.25) is 6.41 Å². The van der Waals surface area contributed by atoms with Crippen molar-refractivity contribution in [1.29, 1.82) is 0 Å². The molecule has 1 N–H and O–H groups in total. The molecule has 2 aliphatic rings. The second kappa shape index (κ2) is 16.8. The van der Waals surface area contributed by atoms with Crippen LogP contribution in [0.25, 0.3) is 0 Å². The third-order valence-corrected chi connectivity index (χ3v) is 14.3. The van der Waals surface area contributed by atoms with Crippen molar-refractivity contribution in [1.82, 2.24) is 10.2 Å². The van der Waals surface area contributed by atoms with Crippen LogP contribution in [0, 0.1) is 0 Å². The van der Waals surface area contributed by atoms with Gasteiger partial charge < -0.3 is 9.74 Å². The van der Waals surface area contributed by atoms with Gasteiger partial charge in [0.1, 0.15) is 17.1 Å². The SMILES string of the molecule is CCCCCC[Si](CCCCCC)(CCCCCC)OC(=O)C1=C(CBr)CS(=O)[C@@H]2C(NC=O)C(=O)N12. The first kappa shape index (κ1) is 32.2. The van der Waals surface area contributed by atoms with Crippen LogP contribution in [-0.2, 0) is 29.6 Å². The number of fused-ring (bicyclic) bond motifs is 1. The number of alkyl halides is 1. The van der Waals surface area contributed by atoms with Crippen molar-refractivity contribution in [2.45, 2.75) is 127 Å². The molecule has 0 spiro atoms. The molecule has 10 heteroatoms. The zero-order chi connectivity index (χ0) is 27.3. The minimum atomic E-state index is -2.42. The van der Waals surface area contributed by atoms with Crippen molar-refractivity contribution >= 4 is 53.3 Å². The summed E-state index contributed by atoms with van der Waals surface area (Å²) in [4.78, 5) is 39.2. The van der Waals surface area contributed by atoms with Crippen LogP contribution in [0.3, 0.4) is 0 Å². The smallest absolute Gasteiger partial charge is 0.341 e. The van der Waals surface area contributed by atoms with E-state index in [0.29, 0.717) is 17.3 Å². The molecule has 3 atom stereocenters. The van der Waals surface area contributed by atoms with Crippen LogP contribution in [0.4, 0.5) is 0 Å². The van der Waals surface area contributed by atoms with Gasteiger partial charge in [-0.3, -0.25) is 18.7 Å². The number of amides is 2. The van der Waals surface area contributed by atoms with E-state index in [4.69, 9.17) is 4.43 Å². The molecule has 0 aromatic rings. The van der Waals surface area contributed by atoms with Crippen molar-refractivity contribution in [2.75, 3.05) is 11.1 Å². The summed E-state index contributed by atoms with van der Waals surface area (Å²) in [5.74, 6) is -0.627. The average molecular weight is 620 g/mol. The summed E-state index contributed by atoms with van der Waals surface area (Å²) in [7, 11) is -3.81. The van der Waals surface area contributed by atoms with Crippen LogP contribution in [-0.4, -0.2) is 58.2 Å². The van der Waals surface area contributed by atoms with E-state index in [2.05, 4.69) is 42.0 Å². The van der Waals surface area contributed by atoms with Gasteiger partial charge in [0, 0.05) is 5.33 Å². The van der Waals surface area contributed by atoms with Crippen molar-refractivity contribution < 1.29 is 23.0 Å². The van der Waals surface area contributed by atoms with E-state index < -0.39 is 42.4 Å². The number of β-lactam (4-membered cyclic amide) rings is 1. The van der Waals surface area contributed by atoms with Gasteiger partial charge in [-0.1, -0.05) is 114 Å². The van der Waals surface area contributed by atoms with Crippen LogP contribution >= 0.6 is 15.9 Å².